The number of para-hydroxylation sites is 1. The molecule has 1 aromatic heterocycles. The van der Waals surface area contributed by atoms with E-state index in [1.807, 2.05) is 4.72 Å². The number of anilines is 2. The van der Waals surface area contributed by atoms with E-state index in [4.69, 9.17) is 5.73 Å². The van der Waals surface area contributed by atoms with Crippen molar-refractivity contribution in [2.45, 2.75) is 11.1 Å². The van der Waals surface area contributed by atoms with Crippen LogP contribution in [0.3, 0.4) is 0 Å². The van der Waals surface area contributed by atoms with Gasteiger partial charge in [-0.2, -0.15) is 13.2 Å². The maximum Gasteiger partial charge on any atom is 0.433 e. The molecule has 0 aliphatic carbocycles. The van der Waals surface area contributed by atoms with Gasteiger partial charge in [-0.1, -0.05) is 12.1 Å². The zero-order chi connectivity index (χ0) is 21.4. The van der Waals surface area contributed by atoms with Crippen molar-refractivity contribution in [2.24, 2.45) is 0 Å². The minimum atomic E-state index is -4.73. The quantitative estimate of drug-likeness (QED) is 0.484. The molecule has 3 aromatic rings. The van der Waals surface area contributed by atoms with Crippen LogP contribution in [-0.2, 0) is 16.2 Å². The largest absolute Gasteiger partial charge is 0.433 e. The summed E-state index contributed by atoms with van der Waals surface area (Å²) in [6.45, 7) is 0. The number of nitrogens with one attached hydrogen (secondary N) is 1. The minimum absolute atomic E-state index is 0.106. The zero-order valence-electron chi connectivity index (χ0n) is 14.2. The van der Waals surface area contributed by atoms with Gasteiger partial charge in [0.2, 0.25) is 0 Å². The van der Waals surface area contributed by atoms with Crippen LogP contribution >= 0.6 is 0 Å². The number of aromatic nitrogens is 2. The van der Waals surface area contributed by atoms with Crippen molar-refractivity contribution < 1.29 is 30.4 Å². The molecule has 3 rings (SSSR count). The van der Waals surface area contributed by atoms with Gasteiger partial charge in [-0.3, -0.25) is 4.72 Å². The Kier molecular flexibility index (Phi) is 5.13. The highest BCUT2D eigenvalue weighted by molar-refractivity contribution is 7.92. The average molecular weight is 430 g/mol. The second-order valence-electron chi connectivity index (χ2n) is 5.69. The van der Waals surface area contributed by atoms with Gasteiger partial charge in [0.1, 0.15) is 17.3 Å². The van der Waals surface area contributed by atoms with Crippen LogP contribution in [-0.4, -0.2) is 18.4 Å². The number of rotatable bonds is 4. The lowest BCUT2D eigenvalue weighted by atomic mass is 10.1. The van der Waals surface area contributed by atoms with E-state index >= 15 is 0 Å². The van der Waals surface area contributed by atoms with Gasteiger partial charge in [-0.05, 0) is 30.3 Å². The van der Waals surface area contributed by atoms with Gasteiger partial charge in [0.15, 0.2) is 10.7 Å². The highest BCUT2D eigenvalue weighted by Crippen LogP contribution is 2.34. The summed E-state index contributed by atoms with van der Waals surface area (Å²) in [5, 5.41) is 0. The highest BCUT2D eigenvalue weighted by Gasteiger charge is 2.33. The highest BCUT2D eigenvalue weighted by atomic mass is 32.2. The lowest BCUT2D eigenvalue weighted by Crippen LogP contribution is -2.17. The van der Waals surface area contributed by atoms with Crippen LogP contribution in [0.15, 0.2) is 53.6 Å². The van der Waals surface area contributed by atoms with Gasteiger partial charge in [0.05, 0.1) is 11.4 Å². The summed E-state index contributed by atoms with van der Waals surface area (Å²) in [6.07, 6.45) is -3.86. The number of nitrogens with zero attached hydrogens (tertiary/aromatic N) is 2. The molecule has 0 atom stereocenters. The molecule has 0 aliphatic heterocycles. The molecule has 29 heavy (non-hydrogen) atoms. The standard InChI is InChI=1S/C17H11F5N4O2S/c18-10-4-2-5-11(19)15(10)29(27,28)26-12-6-1-3-9(14(12)23)16-24-8-7-13(25-16)17(20,21)22/h1-8,26H,23H2. The molecule has 0 spiro atoms. The number of nitrogens with two attached hydrogens (primary N) is 1. The van der Waals surface area contributed by atoms with Crippen LogP contribution < -0.4 is 10.5 Å². The van der Waals surface area contributed by atoms with Gasteiger partial charge in [0, 0.05) is 11.8 Å². The number of halogens is 5. The molecule has 0 radical (unpaired) electrons. The van der Waals surface area contributed by atoms with Crippen LogP contribution in [0.25, 0.3) is 11.4 Å². The molecule has 0 amide bonds. The number of benzene rings is 2. The minimum Gasteiger partial charge on any atom is -0.396 e. The third-order valence-corrected chi connectivity index (χ3v) is 5.14. The second kappa shape index (κ2) is 7.28. The maximum absolute atomic E-state index is 13.8. The molecule has 152 valence electrons. The Balaban J connectivity index is 2.05. The Bertz CT molecular complexity index is 1160. The first-order valence-corrected chi connectivity index (χ1v) is 9.25. The zero-order valence-corrected chi connectivity index (χ0v) is 15.0. The van der Waals surface area contributed by atoms with E-state index in [1.165, 1.54) is 18.2 Å². The Morgan fingerprint density at radius 3 is 2.21 bits per heavy atom. The molecule has 6 nitrogen and oxygen atoms in total. The molecule has 0 fully saturated rings. The van der Waals surface area contributed by atoms with Crippen molar-refractivity contribution in [3.63, 3.8) is 0 Å². The van der Waals surface area contributed by atoms with Gasteiger partial charge >= 0.3 is 6.18 Å². The monoisotopic (exact) mass is 430 g/mol. The summed E-state index contributed by atoms with van der Waals surface area (Å²) < 4.78 is 93.0. The van der Waals surface area contributed by atoms with Crippen LogP contribution in [0.1, 0.15) is 5.69 Å². The van der Waals surface area contributed by atoms with Gasteiger partial charge in [-0.25, -0.2) is 27.2 Å². The van der Waals surface area contributed by atoms with Crippen LogP contribution in [0.2, 0.25) is 0 Å². The molecule has 1 heterocycles. The fourth-order valence-corrected chi connectivity index (χ4v) is 3.65. The topological polar surface area (TPSA) is 98.0 Å². The van der Waals surface area contributed by atoms with E-state index in [1.54, 1.807) is 0 Å². The van der Waals surface area contributed by atoms with E-state index in [9.17, 15) is 30.4 Å². The van der Waals surface area contributed by atoms with E-state index in [-0.39, 0.29) is 16.9 Å². The van der Waals surface area contributed by atoms with E-state index in [0.717, 1.165) is 24.4 Å². The lowest BCUT2D eigenvalue weighted by molar-refractivity contribution is -0.141. The first-order valence-electron chi connectivity index (χ1n) is 7.76. The predicted octanol–water partition coefficient (Wildman–Crippen LogP) is 3.82. The van der Waals surface area contributed by atoms with Gasteiger partial charge in [-0.15, -0.1) is 0 Å². The molecule has 0 unspecified atom stereocenters. The summed E-state index contributed by atoms with van der Waals surface area (Å²) in [4.78, 5) is 5.88. The van der Waals surface area contributed by atoms with E-state index in [2.05, 4.69) is 9.97 Å². The second-order valence-corrected chi connectivity index (χ2v) is 7.31. The van der Waals surface area contributed by atoms with Crippen molar-refractivity contribution in [2.75, 3.05) is 10.5 Å². The fraction of sp³-hybridized carbons (Fsp3) is 0.0588. The smallest absolute Gasteiger partial charge is 0.396 e. The van der Waals surface area contributed by atoms with Crippen molar-refractivity contribution >= 4 is 21.4 Å². The molecule has 0 aliphatic rings. The number of nitrogen functional groups attached to an aromatic ring is 1. The fourth-order valence-electron chi connectivity index (χ4n) is 2.43. The third kappa shape index (κ3) is 4.11. The summed E-state index contributed by atoms with van der Waals surface area (Å²) >= 11 is 0. The molecular formula is C17H11F5N4O2S. The van der Waals surface area contributed by atoms with Crippen molar-refractivity contribution in [1.29, 1.82) is 0 Å². The summed E-state index contributed by atoms with van der Waals surface area (Å²) in [5.41, 5.74) is 3.89. The number of alkyl halides is 3. The summed E-state index contributed by atoms with van der Waals surface area (Å²) in [6, 6.07) is 6.87. The molecule has 0 saturated heterocycles. The van der Waals surface area contributed by atoms with Crippen LogP contribution in [0.5, 0.6) is 0 Å². The molecule has 2 aromatic carbocycles. The Labute approximate surface area is 161 Å². The Hall–Kier alpha value is -3.28. The molecule has 3 N–H and O–H groups in total. The maximum atomic E-state index is 13.8. The normalized spacial score (nSPS) is 12.0. The Morgan fingerprint density at radius 2 is 1.59 bits per heavy atom. The first-order chi connectivity index (χ1) is 13.5. The Morgan fingerprint density at radius 1 is 0.966 bits per heavy atom. The third-order valence-electron chi connectivity index (χ3n) is 3.73. The van der Waals surface area contributed by atoms with Crippen molar-refractivity contribution in [3.8, 4) is 11.4 Å². The molecular weight excluding hydrogens is 419 g/mol. The van der Waals surface area contributed by atoms with E-state index < -0.39 is 44.2 Å². The van der Waals surface area contributed by atoms with Crippen LogP contribution in [0, 0.1) is 11.6 Å². The van der Waals surface area contributed by atoms with Gasteiger partial charge < -0.3 is 5.73 Å². The summed E-state index contributed by atoms with van der Waals surface area (Å²) in [7, 11) is -4.73. The van der Waals surface area contributed by atoms with E-state index in [0.29, 0.717) is 6.07 Å². The SMILES string of the molecule is Nc1c(NS(=O)(=O)c2c(F)cccc2F)cccc1-c1nccc(C(F)(F)F)n1. The van der Waals surface area contributed by atoms with Crippen molar-refractivity contribution in [1.82, 2.24) is 9.97 Å². The molecule has 0 saturated carbocycles. The summed E-state index contributed by atoms with van der Waals surface area (Å²) in [5.74, 6) is -3.06. The van der Waals surface area contributed by atoms with Crippen LogP contribution in [0.4, 0.5) is 33.3 Å². The number of hydrogen-bond donors (Lipinski definition) is 2. The molecule has 12 heteroatoms. The number of hydrogen-bond acceptors (Lipinski definition) is 5. The molecule has 0 bridgehead atoms. The van der Waals surface area contributed by atoms with Crippen molar-refractivity contribution in [3.05, 3.63) is 66.0 Å². The van der Waals surface area contributed by atoms with Gasteiger partial charge in [0.25, 0.3) is 10.0 Å². The predicted molar refractivity (Wildman–Crippen MR) is 94.0 cm³/mol. The number of sulfonamides is 1. The first kappa shape index (κ1) is 20.5. The average Bonchev–Trinajstić information content (AvgIpc) is 2.62. The lowest BCUT2D eigenvalue weighted by Gasteiger charge is -2.14.